The normalized spacial score (nSPS) is 12.9. The molecule has 0 aliphatic rings. The molecule has 4 aromatic carbocycles. The molecule has 0 saturated heterocycles. The van der Waals surface area contributed by atoms with Crippen LogP contribution in [0.5, 0.6) is 0 Å². The molecule has 0 amide bonds. The molecule has 0 saturated carbocycles. The fourth-order valence-electron chi connectivity index (χ4n) is 5.03. The van der Waals surface area contributed by atoms with Crippen LogP contribution in [-0.4, -0.2) is 63.0 Å². The molecule has 0 fully saturated rings. The largest absolute Gasteiger partial charge is 0.394 e. The average Bonchev–Trinajstić information content (AvgIpc) is 3.29. The highest BCUT2D eigenvalue weighted by Gasteiger charge is 2.29. The maximum absolute atomic E-state index is 11.2. The van der Waals surface area contributed by atoms with Gasteiger partial charge in [0.25, 0.3) is 0 Å². The van der Waals surface area contributed by atoms with Gasteiger partial charge in [-0.1, -0.05) is 97.1 Å². The van der Waals surface area contributed by atoms with Gasteiger partial charge in [-0.25, -0.2) is 0 Å². The smallest absolute Gasteiger partial charge is 0.0882 e. The predicted octanol–water partition coefficient (Wildman–Crippen LogP) is 3.79. The maximum Gasteiger partial charge on any atom is 0.0882 e. The Morgan fingerprint density at radius 1 is 0.676 bits per heavy atom. The number of benzene rings is 4. The van der Waals surface area contributed by atoms with Gasteiger partial charge in [0.05, 0.1) is 49.2 Å². The Morgan fingerprint density at radius 2 is 1.27 bits per heavy atom. The second kappa shape index (κ2) is 10.8. The predicted molar refractivity (Wildman–Crippen MR) is 148 cm³/mol. The van der Waals surface area contributed by atoms with Crippen molar-refractivity contribution < 1.29 is 20.4 Å². The van der Waals surface area contributed by atoms with E-state index in [-0.39, 0.29) is 13.1 Å². The lowest BCUT2D eigenvalue weighted by molar-refractivity contribution is 0.0308. The van der Waals surface area contributed by atoms with E-state index in [0.29, 0.717) is 0 Å². The van der Waals surface area contributed by atoms with Crippen LogP contribution in [0.4, 0.5) is 0 Å². The van der Waals surface area contributed by atoms with Crippen LogP contribution in [-0.2, 0) is 6.54 Å². The van der Waals surface area contributed by atoms with Gasteiger partial charge in [-0.3, -0.25) is 0 Å². The highest BCUT2D eigenvalue weighted by molar-refractivity contribution is 6.15. The molecular formula is C31H32N2O4. The van der Waals surface area contributed by atoms with E-state index in [1.54, 1.807) is 0 Å². The first-order chi connectivity index (χ1) is 18.1. The van der Waals surface area contributed by atoms with E-state index < -0.39 is 31.5 Å². The average molecular weight is 497 g/mol. The van der Waals surface area contributed by atoms with Gasteiger partial charge in [-0.05, 0) is 16.5 Å². The van der Waals surface area contributed by atoms with Crippen molar-refractivity contribution in [1.82, 2.24) is 9.88 Å². The highest BCUT2D eigenvalue weighted by Crippen LogP contribution is 2.43. The number of aliphatic hydroxyl groups excluding tert-OH is 4. The zero-order chi connectivity index (χ0) is 25.8. The molecule has 190 valence electrons. The van der Waals surface area contributed by atoms with Crippen LogP contribution in [0, 0.1) is 0 Å². The van der Waals surface area contributed by atoms with Crippen LogP contribution in [0.2, 0.25) is 0 Å². The van der Waals surface area contributed by atoms with Crippen molar-refractivity contribution in [2.45, 2.75) is 18.2 Å². The van der Waals surface area contributed by atoms with Crippen LogP contribution in [0.1, 0.15) is 0 Å². The number of nitrogens with zero attached hydrogens (tertiary/aromatic N) is 1. The zero-order valence-electron chi connectivity index (χ0n) is 20.6. The first-order valence-corrected chi connectivity index (χ1v) is 12.5. The number of hydrogen-bond acceptors (Lipinski definition) is 5. The Kier molecular flexibility index (Phi) is 7.37. The van der Waals surface area contributed by atoms with Gasteiger partial charge in [-0.2, -0.15) is 0 Å². The molecule has 0 radical (unpaired) electrons. The van der Waals surface area contributed by atoms with E-state index in [9.17, 15) is 20.4 Å². The lowest BCUT2D eigenvalue weighted by atomic mass is 9.97. The van der Waals surface area contributed by atoms with Crippen LogP contribution < -0.4 is 5.32 Å². The van der Waals surface area contributed by atoms with E-state index in [0.717, 1.165) is 44.1 Å². The number of hydrogen-bond donors (Lipinski definition) is 5. The van der Waals surface area contributed by atoms with E-state index >= 15 is 0 Å². The van der Waals surface area contributed by atoms with Gasteiger partial charge in [-0.15, -0.1) is 0 Å². The molecule has 6 heteroatoms. The Morgan fingerprint density at radius 3 is 1.92 bits per heavy atom. The summed E-state index contributed by atoms with van der Waals surface area (Å²) in [4.78, 5) is 0. The number of aliphatic hydroxyl groups is 4. The Labute approximate surface area is 216 Å². The van der Waals surface area contributed by atoms with Crippen molar-refractivity contribution in [3.8, 4) is 22.4 Å². The Balaban J connectivity index is 1.72. The van der Waals surface area contributed by atoms with Gasteiger partial charge in [0.1, 0.15) is 0 Å². The van der Waals surface area contributed by atoms with Crippen molar-refractivity contribution in [3.63, 3.8) is 0 Å². The second-order valence-electron chi connectivity index (χ2n) is 9.54. The van der Waals surface area contributed by atoms with E-state index in [1.807, 2.05) is 48.5 Å². The standard InChI is InChI=1S/C31H32N2O4/c34-19-31(20-35,21-36)32-17-25(37)18-33-29(24-12-5-2-6-13-24)28(23-10-3-1-4-11-23)27-16-15-22-9-7-8-14-26(22)30(27)33/h1-16,25,32,34-37H,17-21H2/t25-/m0/s1. The SMILES string of the molecule is OCC(CO)(CO)NC[C@H](O)Cn1c(-c2ccccc2)c(-c2ccccc2)c2ccc3ccccc3c21. The summed E-state index contributed by atoms with van der Waals surface area (Å²) in [6, 6.07) is 33.0. The summed E-state index contributed by atoms with van der Waals surface area (Å²) in [6.07, 6.45) is -0.857. The lowest BCUT2D eigenvalue weighted by Crippen LogP contribution is -2.56. The topological polar surface area (TPSA) is 97.9 Å². The van der Waals surface area contributed by atoms with Crippen LogP contribution in [0.15, 0.2) is 97.1 Å². The van der Waals surface area contributed by atoms with Crippen LogP contribution in [0.3, 0.4) is 0 Å². The Hall–Kier alpha value is -3.52. The maximum atomic E-state index is 11.2. The van der Waals surface area contributed by atoms with E-state index in [2.05, 4.69) is 58.4 Å². The van der Waals surface area contributed by atoms with Crippen molar-refractivity contribution in [2.24, 2.45) is 0 Å². The molecule has 0 unspecified atom stereocenters. The molecular weight excluding hydrogens is 464 g/mol. The fraction of sp³-hybridized carbons (Fsp3) is 0.226. The molecule has 5 aromatic rings. The summed E-state index contributed by atoms with van der Waals surface area (Å²) in [5, 5.41) is 46.6. The third kappa shape index (κ3) is 4.78. The third-order valence-electron chi connectivity index (χ3n) is 7.07. The van der Waals surface area contributed by atoms with Crippen molar-refractivity contribution in [2.75, 3.05) is 26.4 Å². The van der Waals surface area contributed by atoms with Crippen LogP contribution >= 0.6 is 0 Å². The molecule has 1 atom stereocenters. The van der Waals surface area contributed by atoms with Crippen molar-refractivity contribution in [3.05, 3.63) is 97.1 Å². The summed E-state index contributed by atoms with van der Waals surface area (Å²) in [5.41, 5.74) is 4.01. The molecule has 0 aliphatic carbocycles. The summed E-state index contributed by atoms with van der Waals surface area (Å²) in [5.74, 6) is 0. The lowest BCUT2D eigenvalue weighted by Gasteiger charge is -2.30. The second-order valence-corrected chi connectivity index (χ2v) is 9.54. The molecule has 37 heavy (non-hydrogen) atoms. The van der Waals surface area contributed by atoms with Gasteiger partial charge in [0.2, 0.25) is 0 Å². The first kappa shape index (κ1) is 25.1. The molecule has 1 aromatic heterocycles. The van der Waals surface area contributed by atoms with Crippen molar-refractivity contribution >= 4 is 21.7 Å². The molecule has 5 rings (SSSR count). The summed E-state index contributed by atoms with van der Waals surface area (Å²) in [6.45, 7) is -0.986. The molecule has 1 heterocycles. The van der Waals surface area contributed by atoms with Gasteiger partial charge >= 0.3 is 0 Å². The minimum atomic E-state index is -1.26. The summed E-state index contributed by atoms with van der Waals surface area (Å²) < 4.78 is 2.18. The van der Waals surface area contributed by atoms with Gasteiger partial charge in [0.15, 0.2) is 0 Å². The van der Waals surface area contributed by atoms with Gasteiger partial charge in [0, 0.05) is 22.9 Å². The number of rotatable bonds is 10. The molecule has 0 spiro atoms. The number of nitrogens with one attached hydrogen (secondary N) is 1. The van der Waals surface area contributed by atoms with Crippen molar-refractivity contribution in [1.29, 1.82) is 0 Å². The highest BCUT2D eigenvalue weighted by atomic mass is 16.3. The molecule has 5 N–H and O–H groups in total. The minimum absolute atomic E-state index is 0.0843. The Bertz CT molecular complexity index is 1470. The third-order valence-corrected chi connectivity index (χ3v) is 7.07. The molecule has 6 nitrogen and oxygen atoms in total. The first-order valence-electron chi connectivity index (χ1n) is 12.5. The summed E-state index contributed by atoms with van der Waals surface area (Å²) >= 11 is 0. The quantitative estimate of drug-likeness (QED) is 0.203. The van der Waals surface area contributed by atoms with Crippen LogP contribution in [0.25, 0.3) is 44.1 Å². The number of fused-ring (bicyclic) bond motifs is 3. The van der Waals surface area contributed by atoms with E-state index in [1.165, 1.54) is 0 Å². The number of aromatic nitrogens is 1. The molecule has 0 aliphatic heterocycles. The number of β-amino-alcohol motifs (C(OH)–C–C–N with tert-alkyl or cyclic N) is 1. The monoisotopic (exact) mass is 496 g/mol. The van der Waals surface area contributed by atoms with E-state index in [4.69, 9.17) is 0 Å². The zero-order valence-corrected chi connectivity index (χ0v) is 20.6. The fourth-order valence-corrected chi connectivity index (χ4v) is 5.03. The molecule has 0 bridgehead atoms. The summed E-state index contributed by atoms with van der Waals surface area (Å²) in [7, 11) is 0. The van der Waals surface area contributed by atoms with Gasteiger partial charge < -0.3 is 30.3 Å². The minimum Gasteiger partial charge on any atom is -0.394 e.